The molecule has 1 aliphatic heterocycles. The number of aliphatic hydroxyl groups is 2. The van der Waals surface area contributed by atoms with Crippen molar-refractivity contribution in [3.05, 3.63) is 34.9 Å². The fraction of sp³-hybridized carbons (Fsp3) is 0.694. The number of aliphatic hydroxyl groups excluding tert-OH is 2. The standard InChI is InChI=1S/C36H48N2O7/c1-44-29-14-25(19-40)13-26-31-27(35(43)37-8-9-39)15-28(32(42)34(31)45-33(26)29)38(30(41)7-6-21-4-2-3-5-21)20-36-16-22-10-23(17-36)12-24(11-22)18-36/h13-15,19,21-24,28,31-32,34,39,42H,2-12,16-18,20H2,1H3,(H,37,43)/t22?,23?,24?,28-,31+,32+,34+,36?/m1/s1. The van der Waals surface area contributed by atoms with Crippen molar-refractivity contribution >= 4 is 18.1 Å². The molecule has 5 saturated carbocycles. The zero-order chi connectivity index (χ0) is 31.3. The Morgan fingerprint density at radius 1 is 1.11 bits per heavy atom. The molecule has 0 spiro atoms. The fourth-order valence-corrected chi connectivity index (χ4v) is 10.5. The Morgan fingerprint density at radius 2 is 1.80 bits per heavy atom. The molecule has 4 atom stereocenters. The van der Waals surface area contributed by atoms with E-state index in [0.717, 1.165) is 49.7 Å². The lowest BCUT2D eigenvalue weighted by Crippen LogP contribution is -2.59. The van der Waals surface area contributed by atoms with Crippen LogP contribution in [-0.4, -0.2) is 78.3 Å². The van der Waals surface area contributed by atoms with E-state index in [1.54, 1.807) is 18.2 Å². The fourth-order valence-electron chi connectivity index (χ4n) is 10.5. The highest BCUT2D eigenvalue weighted by Crippen LogP contribution is 2.60. The van der Waals surface area contributed by atoms with Crippen molar-refractivity contribution < 1.29 is 34.1 Å². The van der Waals surface area contributed by atoms with Crippen LogP contribution in [0.5, 0.6) is 11.5 Å². The molecule has 4 bridgehead atoms. The molecule has 0 unspecified atom stereocenters. The smallest absolute Gasteiger partial charge is 0.247 e. The third-order valence-corrected chi connectivity index (χ3v) is 12.0. The molecule has 1 aromatic carbocycles. The maximum Gasteiger partial charge on any atom is 0.247 e. The minimum Gasteiger partial charge on any atom is -0.493 e. The van der Waals surface area contributed by atoms with Gasteiger partial charge in [-0.25, -0.2) is 0 Å². The second kappa shape index (κ2) is 12.4. The van der Waals surface area contributed by atoms with Crippen LogP contribution in [0.2, 0.25) is 0 Å². The summed E-state index contributed by atoms with van der Waals surface area (Å²) < 4.78 is 12.0. The number of carbonyl (C=O) groups is 3. The number of nitrogens with one attached hydrogen (secondary N) is 1. The van der Waals surface area contributed by atoms with Crippen LogP contribution in [0.25, 0.3) is 0 Å². The van der Waals surface area contributed by atoms with Crippen molar-refractivity contribution in [3.8, 4) is 11.5 Å². The number of amides is 2. The molecule has 2 amide bonds. The van der Waals surface area contributed by atoms with E-state index in [1.807, 2.05) is 4.90 Å². The molecule has 9 nitrogen and oxygen atoms in total. The summed E-state index contributed by atoms with van der Waals surface area (Å²) in [6, 6.07) is 2.54. The normalized spacial score (nSPS) is 34.5. The van der Waals surface area contributed by atoms with Crippen molar-refractivity contribution in [2.24, 2.45) is 29.1 Å². The lowest BCUT2D eigenvalue weighted by atomic mass is 9.49. The van der Waals surface area contributed by atoms with Crippen molar-refractivity contribution in [3.63, 3.8) is 0 Å². The largest absolute Gasteiger partial charge is 0.493 e. The number of carbonyl (C=O) groups excluding carboxylic acids is 3. The minimum atomic E-state index is -1.09. The van der Waals surface area contributed by atoms with Crippen molar-refractivity contribution in [2.75, 3.05) is 26.8 Å². The van der Waals surface area contributed by atoms with Gasteiger partial charge in [-0.3, -0.25) is 14.4 Å². The SMILES string of the molecule is COc1cc(C=O)cc2c1O[C@@H]1[C@@H](O)[C@H](N(CC34CC5CC(CC(C5)C3)C4)C(=O)CCC3CCCC3)C=C(C(=O)NCCO)[C@H]21. The number of hydrogen-bond donors (Lipinski definition) is 3. The van der Waals surface area contributed by atoms with Crippen LogP contribution in [0.3, 0.4) is 0 Å². The molecule has 6 aliphatic carbocycles. The summed E-state index contributed by atoms with van der Waals surface area (Å²) in [4.78, 5) is 41.8. The van der Waals surface area contributed by atoms with E-state index < -0.39 is 24.2 Å². The third kappa shape index (κ3) is 5.69. The average Bonchev–Trinajstić information content (AvgIpc) is 3.69. The molecule has 9 heteroatoms. The summed E-state index contributed by atoms with van der Waals surface area (Å²) in [6.07, 6.45) is 13.9. The molecule has 0 radical (unpaired) electrons. The van der Waals surface area contributed by atoms with Gasteiger partial charge in [0.25, 0.3) is 0 Å². The van der Waals surface area contributed by atoms with Crippen molar-refractivity contribution in [1.82, 2.24) is 10.2 Å². The van der Waals surface area contributed by atoms with Gasteiger partial charge in [0.1, 0.15) is 18.5 Å². The van der Waals surface area contributed by atoms with Gasteiger partial charge in [0.2, 0.25) is 11.8 Å². The molecule has 0 aromatic heterocycles. The first-order chi connectivity index (χ1) is 21.8. The Labute approximate surface area is 265 Å². The first kappa shape index (κ1) is 30.7. The molecule has 3 N–H and O–H groups in total. The number of hydrogen-bond acceptors (Lipinski definition) is 7. The summed E-state index contributed by atoms with van der Waals surface area (Å²) in [6.45, 7) is 0.448. The molecule has 45 heavy (non-hydrogen) atoms. The van der Waals surface area contributed by atoms with Gasteiger partial charge in [-0.05, 0) is 92.2 Å². The number of nitrogens with zero attached hydrogens (tertiary/aromatic N) is 1. The van der Waals surface area contributed by atoms with Crippen molar-refractivity contribution in [1.29, 1.82) is 0 Å². The molecule has 1 aromatic rings. The van der Waals surface area contributed by atoms with E-state index in [1.165, 1.54) is 52.1 Å². The van der Waals surface area contributed by atoms with Crippen LogP contribution in [0.15, 0.2) is 23.8 Å². The summed E-state index contributed by atoms with van der Waals surface area (Å²) >= 11 is 0. The summed E-state index contributed by atoms with van der Waals surface area (Å²) in [7, 11) is 1.50. The molecular weight excluding hydrogens is 572 g/mol. The number of benzene rings is 1. The number of aldehydes is 1. The van der Waals surface area contributed by atoms with E-state index in [2.05, 4.69) is 5.32 Å². The molecule has 0 saturated heterocycles. The number of fused-ring (bicyclic) bond motifs is 3. The van der Waals surface area contributed by atoms with Crippen LogP contribution in [-0.2, 0) is 9.59 Å². The Kier molecular flexibility index (Phi) is 8.44. The van der Waals surface area contributed by atoms with Crippen LogP contribution in [0.1, 0.15) is 98.9 Å². The molecule has 1 heterocycles. The zero-order valence-corrected chi connectivity index (χ0v) is 26.4. The van der Waals surface area contributed by atoms with Gasteiger partial charge in [0.05, 0.1) is 25.7 Å². The Morgan fingerprint density at radius 3 is 2.42 bits per heavy atom. The molecule has 244 valence electrons. The van der Waals surface area contributed by atoms with E-state index >= 15 is 0 Å². The number of rotatable bonds is 11. The number of ether oxygens (including phenoxy) is 2. The zero-order valence-electron chi connectivity index (χ0n) is 26.4. The van der Waals surface area contributed by atoms with Gasteiger partial charge in [-0.2, -0.15) is 0 Å². The lowest BCUT2D eigenvalue weighted by molar-refractivity contribution is -0.145. The number of methoxy groups -OCH3 is 1. The van der Waals surface area contributed by atoms with Crippen LogP contribution >= 0.6 is 0 Å². The maximum atomic E-state index is 14.4. The molecule has 8 rings (SSSR count). The van der Waals surface area contributed by atoms with Crippen molar-refractivity contribution in [2.45, 2.75) is 101 Å². The molecular formula is C36H48N2O7. The van der Waals surface area contributed by atoms with Crippen LogP contribution in [0.4, 0.5) is 0 Å². The van der Waals surface area contributed by atoms with E-state index in [0.29, 0.717) is 47.1 Å². The first-order valence-corrected chi connectivity index (χ1v) is 17.2. The predicted molar refractivity (Wildman–Crippen MR) is 167 cm³/mol. The Balaban J connectivity index is 1.26. The Hall–Kier alpha value is -2.91. The molecule has 5 fully saturated rings. The van der Waals surface area contributed by atoms with Gasteiger partial charge in [0.15, 0.2) is 11.5 Å². The third-order valence-electron chi connectivity index (χ3n) is 12.0. The van der Waals surface area contributed by atoms with Gasteiger partial charge in [0, 0.05) is 36.2 Å². The van der Waals surface area contributed by atoms with Gasteiger partial charge < -0.3 is 29.9 Å². The summed E-state index contributed by atoms with van der Waals surface area (Å²) in [5.74, 6) is 2.49. The summed E-state index contributed by atoms with van der Waals surface area (Å²) in [5.41, 5.74) is 1.41. The maximum absolute atomic E-state index is 14.4. The predicted octanol–water partition coefficient (Wildman–Crippen LogP) is 4.15. The van der Waals surface area contributed by atoms with E-state index in [9.17, 15) is 24.6 Å². The highest BCUT2D eigenvalue weighted by molar-refractivity contribution is 5.96. The topological polar surface area (TPSA) is 125 Å². The van der Waals surface area contributed by atoms with Gasteiger partial charge in [-0.1, -0.05) is 25.7 Å². The second-order valence-corrected chi connectivity index (χ2v) is 15.0. The van der Waals surface area contributed by atoms with Crippen LogP contribution < -0.4 is 14.8 Å². The summed E-state index contributed by atoms with van der Waals surface area (Å²) in [5, 5.41) is 24.4. The lowest BCUT2D eigenvalue weighted by Gasteiger charge is -2.58. The second-order valence-electron chi connectivity index (χ2n) is 15.0. The minimum absolute atomic E-state index is 0.0443. The molecule has 7 aliphatic rings. The first-order valence-electron chi connectivity index (χ1n) is 17.2. The van der Waals surface area contributed by atoms with Gasteiger partial charge >= 0.3 is 0 Å². The quantitative estimate of drug-likeness (QED) is 0.318. The van der Waals surface area contributed by atoms with E-state index in [-0.39, 0.29) is 30.4 Å². The van der Waals surface area contributed by atoms with E-state index in [4.69, 9.17) is 9.47 Å². The average molecular weight is 621 g/mol. The highest BCUT2D eigenvalue weighted by atomic mass is 16.5. The highest BCUT2D eigenvalue weighted by Gasteiger charge is 2.55. The monoisotopic (exact) mass is 620 g/mol. The van der Waals surface area contributed by atoms with Crippen LogP contribution in [0, 0.1) is 29.1 Å². The van der Waals surface area contributed by atoms with Gasteiger partial charge in [-0.15, -0.1) is 0 Å². The Bertz CT molecular complexity index is 1320.